The van der Waals surface area contributed by atoms with E-state index in [0.29, 0.717) is 6.42 Å². The number of carbonyl (C=O) groups is 1. The number of hydrogen-bond acceptors (Lipinski definition) is 6. The van der Waals surface area contributed by atoms with Crippen LogP contribution in [-0.4, -0.2) is 81.0 Å². The van der Waals surface area contributed by atoms with Gasteiger partial charge in [0.15, 0.2) is 0 Å². The molecule has 7 heteroatoms. The zero-order chi connectivity index (χ0) is 15.2. The van der Waals surface area contributed by atoms with E-state index in [9.17, 15) is 20.1 Å². The van der Waals surface area contributed by atoms with Crippen LogP contribution in [0.3, 0.4) is 0 Å². The lowest BCUT2D eigenvalue weighted by atomic mass is 10.0. The molecule has 0 aliphatic heterocycles. The molecule has 7 nitrogen and oxygen atoms in total. The molecule has 0 aromatic rings. The quantitative estimate of drug-likeness (QED) is 0.348. The van der Waals surface area contributed by atoms with Crippen LogP contribution in [0.15, 0.2) is 0 Å². The molecule has 0 rings (SSSR count). The van der Waals surface area contributed by atoms with Crippen LogP contribution < -0.4 is 0 Å². The summed E-state index contributed by atoms with van der Waals surface area (Å²) in [5.74, 6) is -0.00253. The first-order valence-electron chi connectivity index (χ1n) is 6.27. The SMILES string of the molecule is CC(C)CC(=O)N(C)CC(O)C(O)C(O)C(O)CO. The summed E-state index contributed by atoms with van der Waals surface area (Å²) in [5.41, 5.74) is 0. The van der Waals surface area contributed by atoms with E-state index in [1.807, 2.05) is 13.8 Å². The van der Waals surface area contributed by atoms with Crippen LogP contribution in [0.25, 0.3) is 0 Å². The highest BCUT2D eigenvalue weighted by atomic mass is 16.4. The Balaban J connectivity index is 4.35. The van der Waals surface area contributed by atoms with Crippen molar-refractivity contribution in [3.05, 3.63) is 0 Å². The van der Waals surface area contributed by atoms with E-state index >= 15 is 0 Å². The molecule has 0 aliphatic rings. The Morgan fingerprint density at radius 3 is 1.95 bits per heavy atom. The van der Waals surface area contributed by atoms with Crippen LogP contribution in [0.5, 0.6) is 0 Å². The van der Waals surface area contributed by atoms with E-state index in [2.05, 4.69) is 0 Å². The first-order valence-corrected chi connectivity index (χ1v) is 6.27. The summed E-state index contributed by atoms with van der Waals surface area (Å²) >= 11 is 0. The van der Waals surface area contributed by atoms with Crippen molar-refractivity contribution in [3.63, 3.8) is 0 Å². The van der Waals surface area contributed by atoms with E-state index in [4.69, 9.17) is 10.2 Å². The summed E-state index contributed by atoms with van der Waals surface area (Å²) in [7, 11) is 1.48. The Kier molecular flexibility index (Phi) is 8.12. The highest BCUT2D eigenvalue weighted by Gasteiger charge is 2.31. The van der Waals surface area contributed by atoms with Gasteiger partial charge in [-0.3, -0.25) is 4.79 Å². The Labute approximate surface area is 113 Å². The average Bonchev–Trinajstić information content (AvgIpc) is 2.34. The van der Waals surface area contributed by atoms with Gasteiger partial charge in [-0.15, -0.1) is 0 Å². The van der Waals surface area contributed by atoms with E-state index in [1.54, 1.807) is 0 Å². The molecular formula is C12H25NO6. The van der Waals surface area contributed by atoms with Crippen LogP contribution >= 0.6 is 0 Å². The molecule has 114 valence electrons. The van der Waals surface area contributed by atoms with Crippen molar-refractivity contribution in [1.82, 2.24) is 4.90 Å². The molecule has 0 heterocycles. The monoisotopic (exact) mass is 279 g/mol. The maximum atomic E-state index is 11.7. The number of hydrogen-bond donors (Lipinski definition) is 5. The Morgan fingerprint density at radius 2 is 1.53 bits per heavy atom. The maximum absolute atomic E-state index is 11.7. The highest BCUT2D eigenvalue weighted by Crippen LogP contribution is 2.08. The van der Waals surface area contributed by atoms with Gasteiger partial charge in [0.05, 0.1) is 6.61 Å². The maximum Gasteiger partial charge on any atom is 0.222 e. The van der Waals surface area contributed by atoms with Crippen LogP contribution in [-0.2, 0) is 4.79 Å². The number of likely N-dealkylation sites (N-methyl/N-ethyl adjacent to an activating group) is 1. The summed E-state index contributed by atoms with van der Waals surface area (Å²) in [6.45, 7) is 2.88. The second-order valence-corrected chi connectivity index (χ2v) is 5.17. The number of nitrogens with zero attached hydrogens (tertiary/aromatic N) is 1. The summed E-state index contributed by atoms with van der Waals surface area (Å²) in [6.07, 6.45) is -5.94. The van der Waals surface area contributed by atoms with Crippen molar-refractivity contribution < 1.29 is 30.3 Å². The van der Waals surface area contributed by atoms with E-state index < -0.39 is 31.0 Å². The zero-order valence-electron chi connectivity index (χ0n) is 11.6. The van der Waals surface area contributed by atoms with Gasteiger partial charge in [-0.25, -0.2) is 0 Å². The number of carbonyl (C=O) groups excluding carboxylic acids is 1. The molecule has 1 amide bonds. The molecule has 19 heavy (non-hydrogen) atoms. The average molecular weight is 279 g/mol. The van der Waals surface area contributed by atoms with Gasteiger partial charge >= 0.3 is 0 Å². The summed E-state index contributed by atoms with van der Waals surface area (Å²) in [4.78, 5) is 12.9. The van der Waals surface area contributed by atoms with Crippen molar-refractivity contribution in [3.8, 4) is 0 Å². The number of aliphatic hydroxyl groups is 5. The van der Waals surface area contributed by atoms with Gasteiger partial charge < -0.3 is 30.4 Å². The van der Waals surface area contributed by atoms with Gasteiger partial charge in [0.1, 0.15) is 24.4 Å². The van der Waals surface area contributed by atoms with Gasteiger partial charge in [-0.05, 0) is 5.92 Å². The standard InChI is InChI=1S/C12H25NO6/c1-7(2)4-10(17)13(3)5-8(15)11(18)12(19)9(16)6-14/h7-9,11-12,14-16,18-19H,4-6H2,1-3H3. The number of amides is 1. The van der Waals surface area contributed by atoms with E-state index in [-0.39, 0.29) is 18.4 Å². The second-order valence-electron chi connectivity index (χ2n) is 5.17. The Bertz CT molecular complexity index is 273. The third-order valence-corrected chi connectivity index (χ3v) is 2.79. The van der Waals surface area contributed by atoms with E-state index in [1.165, 1.54) is 11.9 Å². The predicted molar refractivity (Wildman–Crippen MR) is 68.2 cm³/mol. The molecule has 0 aromatic carbocycles. The fourth-order valence-corrected chi connectivity index (χ4v) is 1.56. The molecule has 0 fully saturated rings. The fraction of sp³-hybridized carbons (Fsp3) is 0.917. The zero-order valence-corrected chi connectivity index (χ0v) is 11.6. The first kappa shape index (κ1) is 18.3. The van der Waals surface area contributed by atoms with Crippen molar-refractivity contribution in [2.45, 2.75) is 44.7 Å². The smallest absolute Gasteiger partial charge is 0.222 e. The van der Waals surface area contributed by atoms with Crippen molar-refractivity contribution >= 4 is 5.91 Å². The highest BCUT2D eigenvalue weighted by molar-refractivity contribution is 5.76. The molecule has 0 saturated heterocycles. The lowest BCUT2D eigenvalue weighted by Crippen LogP contribution is -2.50. The van der Waals surface area contributed by atoms with Crippen molar-refractivity contribution in [2.24, 2.45) is 5.92 Å². The minimum Gasteiger partial charge on any atom is -0.394 e. The van der Waals surface area contributed by atoms with Crippen LogP contribution in [0.4, 0.5) is 0 Å². The predicted octanol–water partition coefficient (Wildman–Crippen LogP) is -2.07. The lowest BCUT2D eigenvalue weighted by Gasteiger charge is -2.28. The number of aliphatic hydroxyl groups excluding tert-OH is 5. The first-order chi connectivity index (χ1) is 8.70. The topological polar surface area (TPSA) is 121 Å². The second kappa shape index (κ2) is 8.44. The summed E-state index contributed by atoms with van der Waals surface area (Å²) < 4.78 is 0. The molecule has 0 spiro atoms. The Hall–Kier alpha value is -0.730. The van der Waals surface area contributed by atoms with Crippen LogP contribution in [0.1, 0.15) is 20.3 Å². The molecule has 0 radical (unpaired) electrons. The molecule has 4 atom stereocenters. The normalized spacial score (nSPS) is 17.9. The van der Waals surface area contributed by atoms with Gasteiger partial charge in [0.25, 0.3) is 0 Å². The van der Waals surface area contributed by atoms with Gasteiger partial charge in [-0.1, -0.05) is 13.8 Å². The minimum absolute atomic E-state index is 0.165. The molecule has 4 unspecified atom stereocenters. The number of rotatable bonds is 8. The summed E-state index contributed by atoms with van der Waals surface area (Å²) in [6, 6.07) is 0. The molecule has 0 aliphatic carbocycles. The van der Waals surface area contributed by atoms with Crippen molar-refractivity contribution in [2.75, 3.05) is 20.2 Å². The van der Waals surface area contributed by atoms with Gasteiger partial charge in [0.2, 0.25) is 5.91 Å². The minimum atomic E-state index is -1.67. The van der Waals surface area contributed by atoms with E-state index in [0.717, 1.165) is 0 Å². The van der Waals surface area contributed by atoms with Crippen LogP contribution in [0.2, 0.25) is 0 Å². The molecule has 0 saturated carbocycles. The molecule has 0 bridgehead atoms. The van der Waals surface area contributed by atoms with Gasteiger partial charge in [0, 0.05) is 20.0 Å². The van der Waals surface area contributed by atoms with Gasteiger partial charge in [-0.2, -0.15) is 0 Å². The Morgan fingerprint density at radius 1 is 1.05 bits per heavy atom. The third-order valence-electron chi connectivity index (χ3n) is 2.79. The largest absolute Gasteiger partial charge is 0.394 e. The molecule has 0 aromatic heterocycles. The molecular weight excluding hydrogens is 254 g/mol. The lowest BCUT2D eigenvalue weighted by molar-refractivity contribution is -0.138. The third kappa shape index (κ3) is 6.31. The van der Waals surface area contributed by atoms with Crippen LogP contribution in [0, 0.1) is 5.92 Å². The molecule has 5 N–H and O–H groups in total. The van der Waals surface area contributed by atoms with Crippen molar-refractivity contribution in [1.29, 1.82) is 0 Å². The fourth-order valence-electron chi connectivity index (χ4n) is 1.56. The summed E-state index contributed by atoms with van der Waals surface area (Å²) in [5, 5.41) is 46.5.